The molecule has 0 spiro atoms. The van der Waals surface area contributed by atoms with E-state index in [1.165, 1.54) is 11.3 Å². The van der Waals surface area contributed by atoms with Crippen LogP contribution >= 0.6 is 11.3 Å². The van der Waals surface area contributed by atoms with Crippen LogP contribution in [-0.4, -0.2) is 24.3 Å². The smallest absolute Gasteiger partial charge is 0.279 e. The fraction of sp³-hybridized carbons (Fsp3) is 0.316. The molecule has 0 atom stereocenters. The second-order valence-corrected chi connectivity index (χ2v) is 7.19. The van der Waals surface area contributed by atoms with Crippen molar-refractivity contribution < 1.29 is 14.4 Å². The molecule has 0 radical (unpaired) electrons. The van der Waals surface area contributed by atoms with Crippen molar-refractivity contribution in [3.8, 4) is 0 Å². The predicted molar refractivity (Wildman–Crippen MR) is 102 cm³/mol. The Labute approximate surface area is 157 Å². The van der Waals surface area contributed by atoms with Gasteiger partial charge in [0.05, 0.1) is 11.4 Å². The summed E-state index contributed by atoms with van der Waals surface area (Å²) in [7, 11) is 0. The monoisotopic (exact) mass is 373 g/mol. The van der Waals surface area contributed by atoms with Gasteiger partial charge in [-0.15, -0.1) is 11.3 Å². The number of hydrogen-bond donors (Lipinski definition) is 3. The molecule has 0 bridgehead atoms. The third-order valence-electron chi connectivity index (χ3n) is 4.06. The van der Waals surface area contributed by atoms with Crippen molar-refractivity contribution in [3.63, 3.8) is 0 Å². The average Bonchev–Trinajstić information content (AvgIpc) is 3.00. The Hall–Kier alpha value is -2.67. The number of nitrogens with one attached hydrogen (secondary N) is 3. The van der Waals surface area contributed by atoms with Gasteiger partial charge in [0.25, 0.3) is 17.7 Å². The van der Waals surface area contributed by atoms with E-state index in [4.69, 9.17) is 0 Å². The van der Waals surface area contributed by atoms with E-state index in [1.54, 1.807) is 18.2 Å². The number of carbonyl (C=O) groups is 3. The molecular formula is C19H23N3O3S. The molecule has 0 saturated heterocycles. The molecular weight excluding hydrogens is 350 g/mol. The third kappa shape index (κ3) is 4.92. The number of carbonyl (C=O) groups excluding carboxylic acids is 3. The van der Waals surface area contributed by atoms with Gasteiger partial charge in [0, 0.05) is 10.4 Å². The minimum absolute atomic E-state index is 0.226. The van der Waals surface area contributed by atoms with Gasteiger partial charge in [0.1, 0.15) is 0 Å². The first-order chi connectivity index (χ1) is 12.3. The van der Waals surface area contributed by atoms with Crippen molar-refractivity contribution in [2.45, 2.75) is 34.1 Å². The molecule has 7 heteroatoms. The van der Waals surface area contributed by atoms with Crippen LogP contribution in [0.1, 0.15) is 48.5 Å². The second kappa shape index (κ2) is 8.62. The lowest BCUT2D eigenvalue weighted by molar-refractivity contribution is -0.120. The number of thiophene rings is 1. The standard InChI is InChI=1S/C19H23N3O3S/c1-5-15-13(4)9-16(26-15)19(25)22-21-17(23)10-20-18(24)14-7-6-11(2)12(3)8-14/h6-9H,5,10H2,1-4H3,(H,20,24)(H,21,23)(H,22,25). The maximum absolute atomic E-state index is 12.1. The Bertz CT molecular complexity index is 843. The van der Waals surface area contributed by atoms with Gasteiger partial charge in [0.15, 0.2) is 0 Å². The van der Waals surface area contributed by atoms with Crippen LogP contribution in [0.15, 0.2) is 24.3 Å². The summed E-state index contributed by atoms with van der Waals surface area (Å²) in [4.78, 5) is 37.6. The molecule has 1 aromatic heterocycles. The molecule has 0 aliphatic carbocycles. The lowest BCUT2D eigenvalue weighted by atomic mass is 10.1. The minimum Gasteiger partial charge on any atom is -0.343 e. The van der Waals surface area contributed by atoms with Crippen molar-refractivity contribution in [3.05, 3.63) is 56.3 Å². The SMILES string of the molecule is CCc1sc(C(=O)NNC(=O)CNC(=O)c2ccc(C)c(C)c2)cc1C. The zero-order valence-corrected chi connectivity index (χ0v) is 16.2. The zero-order valence-electron chi connectivity index (χ0n) is 15.4. The molecule has 26 heavy (non-hydrogen) atoms. The van der Waals surface area contributed by atoms with Crippen molar-refractivity contribution in [1.29, 1.82) is 0 Å². The fourth-order valence-electron chi connectivity index (χ4n) is 2.36. The lowest BCUT2D eigenvalue weighted by Crippen LogP contribution is -2.46. The third-order valence-corrected chi connectivity index (χ3v) is 5.44. The highest BCUT2D eigenvalue weighted by Gasteiger charge is 2.13. The van der Waals surface area contributed by atoms with E-state index in [9.17, 15) is 14.4 Å². The van der Waals surface area contributed by atoms with Crippen LogP contribution in [0.4, 0.5) is 0 Å². The van der Waals surface area contributed by atoms with Gasteiger partial charge in [-0.1, -0.05) is 13.0 Å². The summed E-state index contributed by atoms with van der Waals surface area (Å²) in [5.74, 6) is -1.21. The normalized spacial score (nSPS) is 10.3. The Morgan fingerprint density at radius 3 is 2.27 bits per heavy atom. The molecule has 6 nitrogen and oxygen atoms in total. The first-order valence-corrected chi connectivity index (χ1v) is 9.17. The molecule has 3 N–H and O–H groups in total. The first kappa shape index (κ1) is 19.7. The van der Waals surface area contributed by atoms with Gasteiger partial charge in [-0.05, 0) is 62.1 Å². The molecule has 0 unspecified atom stereocenters. The lowest BCUT2D eigenvalue weighted by Gasteiger charge is -2.08. The van der Waals surface area contributed by atoms with E-state index < -0.39 is 5.91 Å². The number of amides is 3. The molecule has 3 amide bonds. The zero-order chi connectivity index (χ0) is 19.3. The molecule has 1 heterocycles. The summed E-state index contributed by atoms with van der Waals surface area (Å²) in [6.45, 7) is 7.64. The van der Waals surface area contributed by atoms with E-state index in [0.717, 1.165) is 28.0 Å². The number of hydrogen-bond acceptors (Lipinski definition) is 4. The number of benzene rings is 1. The molecule has 0 fully saturated rings. The van der Waals surface area contributed by atoms with Gasteiger partial charge in [0.2, 0.25) is 0 Å². The summed E-state index contributed by atoms with van der Waals surface area (Å²) in [5, 5.41) is 2.53. The van der Waals surface area contributed by atoms with E-state index in [2.05, 4.69) is 16.2 Å². The van der Waals surface area contributed by atoms with Crippen LogP contribution in [0, 0.1) is 20.8 Å². The van der Waals surface area contributed by atoms with Gasteiger partial charge < -0.3 is 5.32 Å². The molecule has 138 valence electrons. The highest BCUT2D eigenvalue weighted by Crippen LogP contribution is 2.21. The van der Waals surface area contributed by atoms with Gasteiger partial charge in [-0.3, -0.25) is 25.2 Å². The van der Waals surface area contributed by atoms with E-state index in [-0.39, 0.29) is 18.4 Å². The minimum atomic E-state index is -0.500. The summed E-state index contributed by atoms with van der Waals surface area (Å²) in [6, 6.07) is 7.14. The van der Waals surface area contributed by atoms with Gasteiger partial charge >= 0.3 is 0 Å². The van der Waals surface area contributed by atoms with Crippen LogP contribution in [0.5, 0.6) is 0 Å². The summed E-state index contributed by atoms with van der Waals surface area (Å²) in [5.41, 5.74) is 8.33. The first-order valence-electron chi connectivity index (χ1n) is 8.35. The maximum atomic E-state index is 12.1. The molecule has 2 rings (SSSR count). The average molecular weight is 373 g/mol. The van der Waals surface area contributed by atoms with Gasteiger partial charge in [-0.2, -0.15) is 0 Å². The van der Waals surface area contributed by atoms with Crippen LogP contribution in [0.25, 0.3) is 0 Å². The Kier molecular flexibility index (Phi) is 6.52. The van der Waals surface area contributed by atoms with E-state index in [0.29, 0.717) is 10.4 Å². The Morgan fingerprint density at radius 2 is 1.65 bits per heavy atom. The Balaban J connectivity index is 1.81. The summed E-state index contributed by atoms with van der Waals surface area (Å²) < 4.78 is 0. The number of aryl methyl sites for hydroxylation is 4. The highest BCUT2D eigenvalue weighted by atomic mass is 32.1. The fourth-order valence-corrected chi connectivity index (χ4v) is 3.37. The maximum Gasteiger partial charge on any atom is 0.279 e. The van der Waals surface area contributed by atoms with Crippen LogP contribution < -0.4 is 16.2 Å². The number of hydrazine groups is 1. The highest BCUT2D eigenvalue weighted by molar-refractivity contribution is 7.14. The van der Waals surface area contributed by atoms with E-state index >= 15 is 0 Å². The van der Waals surface area contributed by atoms with Gasteiger partial charge in [-0.25, -0.2) is 0 Å². The quantitative estimate of drug-likeness (QED) is 0.704. The topological polar surface area (TPSA) is 87.3 Å². The van der Waals surface area contributed by atoms with Crippen molar-refractivity contribution in [1.82, 2.24) is 16.2 Å². The Morgan fingerprint density at radius 1 is 0.923 bits per heavy atom. The van der Waals surface area contributed by atoms with Crippen LogP contribution in [0.2, 0.25) is 0 Å². The molecule has 0 aliphatic rings. The largest absolute Gasteiger partial charge is 0.343 e. The summed E-state index contributed by atoms with van der Waals surface area (Å²) >= 11 is 1.40. The number of rotatable bonds is 5. The molecule has 0 aliphatic heterocycles. The van der Waals surface area contributed by atoms with E-state index in [1.807, 2.05) is 33.8 Å². The van der Waals surface area contributed by atoms with Crippen molar-refractivity contribution >= 4 is 29.1 Å². The molecule has 2 aromatic rings. The van der Waals surface area contributed by atoms with Crippen LogP contribution in [-0.2, 0) is 11.2 Å². The molecule has 0 saturated carbocycles. The van der Waals surface area contributed by atoms with Crippen molar-refractivity contribution in [2.75, 3.05) is 6.54 Å². The van der Waals surface area contributed by atoms with Crippen LogP contribution in [0.3, 0.4) is 0 Å². The summed E-state index contributed by atoms with van der Waals surface area (Å²) in [6.07, 6.45) is 0.862. The van der Waals surface area contributed by atoms with Crippen molar-refractivity contribution in [2.24, 2.45) is 0 Å². The second-order valence-electron chi connectivity index (χ2n) is 6.05. The molecule has 1 aromatic carbocycles. The predicted octanol–water partition coefficient (Wildman–Crippen LogP) is 2.43.